The van der Waals surface area contributed by atoms with Crippen LogP contribution in [0.15, 0.2) is 53.4 Å². The van der Waals surface area contributed by atoms with Gasteiger partial charge in [-0.1, -0.05) is 24.3 Å². The van der Waals surface area contributed by atoms with Gasteiger partial charge in [0, 0.05) is 41.2 Å². The largest absolute Gasteiger partial charge is 0.417 e. The van der Waals surface area contributed by atoms with Crippen molar-refractivity contribution in [1.29, 1.82) is 0 Å². The maximum atomic E-state index is 13.5. The summed E-state index contributed by atoms with van der Waals surface area (Å²) in [6.07, 6.45) is 5.61. The Hall–Kier alpha value is -2.54. The highest BCUT2D eigenvalue weighted by Crippen LogP contribution is 2.39. The number of pyridine rings is 1. The fraction of sp³-hybridized carbons (Fsp3) is 0.409. The van der Waals surface area contributed by atoms with Gasteiger partial charge in [0.05, 0.1) is 11.2 Å². The van der Waals surface area contributed by atoms with Crippen LogP contribution in [-0.2, 0) is 6.18 Å². The van der Waals surface area contributed by atoms with Gasteiger partial charge in [-0.05, 0) is 44.4 Å². The summed E-state index contributed by atoms with van der Waals surface area (Å²) < 4.78 is 40.5. The normalized spacial score (nSPS) is 27.1. The number of hydrogen-bond donors (Lipinski definition) is 2. The Kier molecular flexibility index (Phi) is 4.81. The average molecular weight is 404 g/mol. The second-order valence-electron chi connectivity index (χ2n) is 8.06. The summed E-state index contributed by atoms with van der Waals surface area (Å²) in [6.45, 7) is 2.04. The number of rotatable bonds is 3. The van der Waals surface area contributed by atoms with Gasteiger partial charge in [0.25, 0.3) is 0 Å². The zero-order valence-corrected chi connectivity index (χ0v) is 16.0. The minimum Gasteiger partial charge on any atom is -0.385 e. The number of H-pyrrole nitrogens is 1. The van der Waals surface area contributed by atoms with E-state index in [0.717, 1.165) is 12.8 Å². The van der Waals surface area contributed by atoms with Crippen LogP contribution >= 0.6 is 0 Å². The molecule has 1 saturated heterocycles. The Morgan fingerprint density at radius 3 is 2.72 bits per heavy atom. The van der Waals surface area contributed by atoms with Crippen LogP contribution in [0.4, 0.5) is 18.9 Å². The van der Waals surface area contributed by atoms with Crippen molar-refractivity contribution in [3.05, 3.63) is 64.5 Å². The van der Waals surface area contributed by atoms with Crippen molar-refractivity contribution in [2.75, 3.05) is 4.90 Å². The molecule has 2 unspecified atom stereocenters. The van der Waals surface area contributed by atoms with Gasteiger partial charge in [0.2, 0.25) is 5.56 Å². The van der Waals surface area contributed by atoms with Crippen molar-refractivity contribution in [1.82, 2.24) is 4.98 Å². The number of benzene rings is 1. The number of alkyl halides is 3. The van der Waals surface area contributed by atoms with Gasteiger partial charge in [-0.3, -0.25) is 4.79 Å². The topological polar surface area (TPSA) is 56.3 Å². The molecule has 2 N–H and O–H groups in total. The third kappa shape index (κ3) is 3.83. The lowest BCUT2D eigenvalue weighted by Gasteiger charge is -2.36. The maximum Gasteiger partial charge on any atom is 0.417 e. The molecule has 2 aliphatic rings. The molecule has 0 spiro atoms. The molecule has 0 amide bonds. The minimum atomic E-state index is -4.62. The first-order chi connectivity index (χ1) is 13.7. The Balaban J connectivity index is 1.74. The van der Waals surface area contributed by atoms with Crippen molar-refractivity contribution < 1.29 is 18.3 Å². The van der Waals surface area contributed by atoms with E-state index in [9.17, 15) is 23.1 Å². The number of nitrogens with zero attached hydrogens (tertiary/aromatic N) is 1. The third-order valence-electron chi connectivity index (χ3n) is 5.93. The number of allylic oxidation sites excluding steroid dienone is 2. The second kappa shape index (κ2) is 7.06. The fourth-order valence-corrected chi connectivity index (χ4v) is 4.59. The predicted molar refractivity (Wildman–Crippen MR) is 107 cm³/mol. The van der Waals surface area contributed by atoms with E-state index < -0.39 is 22.9 Å². The molecular weight excluding hydrogens is 381 g/mol. The molecule has 154 valence electrons. The zero-order valence-electron chi connectivity index (χ0n) is 16.0. The van der Waals surface area contributed by atoms with Gasteiger partial charge in [-0.15, -0.1) is 0 Å². The van der Waals surface area contributed by atoms with E-state index in [1.165, 1.54) is 12.1 Å². The number of hydrogen-bond acceptors (Lipinski definition) is 3. The summed E-state index contributed by atoms with van der Waals surface area (Å²) in [5.41, 5.74) is -1.81. The molecule has 29 heavy (non-hydrogen) atoms. The van der Waals surface area contributed by atoms with Gasteiger partial charge >= 0.3 is 6.18 Å². The second-order valence-corrected chi connectivity index (χ2v) is 8.06. The maximum absolute atomic E-state index is 13.5. The van der Waals surface area contributed by atoms with Gasteiger partial charge in [-0.2, -0.15) is 13.2 Å². The molecule has 0 saturated carbocycles. The molecule has 4 rings (SSSR count). The van der Waals surface area contributed by atoms with Crippen molar-refractivity contribution in [3.63, 3.8) is 0 Å². The Bertz CT molecular complexity index is 1040. The van der Waals surface area contributed by atoms with E-state index >= 15 is 0 Å². The number of anilines is 1. The highest BCUT2D eigenvalue weighted by Gasteiger charge is 2.38. The van der Waals surface area contributed by atoms with Crippen LogP contribution in [0.3, 0.4) is 0 Å². The van der Waals surface area contributed by atoms with E-state index in [2.05, 4.69) is 9.88 Å². The van der Waals surface area contributed by atoms with Gasteiger partial charge in [-0.25, -0.2) is 0 Å². The van der Waals surface area contributed by atoms with Crippen molar-refractivity contribution in [2.45, 2.75) is 56.5 Å². The molecular formula is C22H23F3N2O2. The van der Waals surface area contributed by atoms with E-state index in [1.807, 2.05) is 25.2 Å². The van der Waals surface area contributed by atoms with Gasteiger partial charge in [0.1, 0.15) is 0 Å². The van der Waals surface area contributed by atoms with E-state index in [4.69, 9.17) is 0 Å². The number of aliphatic hydroxyl groups is 1. The minimum absolute atomic E-state index is 0.0145. The molecule has 1 aromatic heterocycles. The SMILES string of the molecule is CC1CCC(C[C@@]2(O)C=CC=CC2)N1c1ccc2[nH]c(=O)cc(C(F)(F)F)c2c1. The third-order valence-corrected chi connectivity index (χ3v) is 5.93. The van der Waals surface area contributed by atoms with Crippen LogP contribution < -0.4 is 10.5 Å². The van der Waals surface area contributed by atoms with Gasteiger partial charge < -0.3 is 15.0 Å². The van der Waals surface area contributed by atoms with Gasteiger partial charge in [0.15, 0.2) is 0 Å². The molecule has 0 radical (unpaired) electrons. The van der Waals surface area contributed by atoms with E-state index in [-0.39, 0.29) is 23.0 Å². The van der Waals surface area contributed by atoms with Crippen LogP contribution in [0.25, 0.3) is 10.9 Å². The highest BCUT2D eigenvalue weighted by molar-refractivity contribution is 5.86. The summed E-state index contributed by atoms with van der Waals surface area (Å²) in [6, 6.07) is 5.54. The zero-order chi connectivity index (χ0) is 20.8. The number of nitrogens with one attached hydrogen (secondary N) is 1. The van der Waals surface area contributed by atoms with Crippen molar-refractivity contribution >= 4 is 16.6 Å². The lowest BCUT2D eigenvalue weighted by molar-refractivity contribution is -0.136. The molecule has 2 aromatic rings. The molecule has 3 atom stereocenters. The summed E-state index contributed by atoms with van der Waals surface area (Å²) in [5, 5.41) is 10.9. The summed E-state index contributed by atoms with van der Waals surface area (Å²) in [4.78, 5) is 16.2. The summed E-state index contributed by atoms with van der Waals surface area (Å²) >= 11 is 0. The average Bonchev–Trinajstić information content (AvgIpc) is 3.00. The quantitative estimate of drug-likeness (QED) is 0.790. The smallest absolute Gasteiger partial charge is 0.385 e. The van der Waals surface area contributed by atoms with Crippen LogP contribution in [0.2, 0.25) is 0 Å². The standard InChI is InChI=1S/C22H23F3N2O2/c1-14-5-6-16(13-21(29)9-3-2-4-10-21)27(14)15-7-8-19-17(11-15)18(22(23,24)25)12-20(28)26-19/h2-4,7-9,11-12,14,16,29H,5-6,10,13H2,1H3,(H,26,28)/t14?,16?,21-/m1/s1. The molecule has 0 bridgehead atoms. The fourth-order valence-electron chi connectivity index (χ4n) is 4.59. The van der Waals surface area contributed by atoms with E-state index in [0.29, 0.717) is 24.6 Å². The first-order valence-electron chi connectivity index (χ1n) is 9.76. The first kappa shape index (κ1) is 19.8. The number of fused-ring (bicyclic) bond motifs is 1. The Morgan fingerprint density at radius 1 is 1.24 bits per heavy atom. The van der Waals surface area contributed by atoms with Crippen LogP contribution in [0.1, 0.15) is 38.2 Å². The molecule has 1 aliphatic heterocycles. The number of aromatic amines is 1. The molecule has 7 heteroatoms. The lowest BCUT2D eigenvalue weighted by Crippen LogP contribution is -2.41. The summed E-state index contributed by atoms with van der Waals surface area (Å²) in [7, 11) is 0. The number of aromatic nitrogens is 1. The highest BCUT2D eigenvalue weighted by atomic mass is 19.4. The lowest BCUT2D eigenvalue weighted by atomic mass is 9.87. The Morgan fingerprint density at radius 2 is 2.03 bits per heavy atom. The molecule has 1 aromatic carbocycles. The van der Waals surface area contributed by atoms with Crippen LogP contribution in [0.5, 0.6) is 0 Å². The predicted octanol–water partition coefficient (Wildman–Crippen LogP) is 4.54. The summed E-state index contributed by atoms with van der Waals surface area (Å²) in [5.74, 6) is 0. The van der Waals surface area contributed by atoms with Crippen LogP contribution in [0, 0.1) is 0 Å². The Labute approximate surface area is 166 Å². The van der Waals surface area contributed by atoms with Crippen molar-refractivity contribution in [3.8, 4) is 0 Å². The van der Waals surface area contributed by atoms with E-state index in [1.54, 1.807) is 12.1 Å². The first-order valence-corrected chi connectivity index (χ1v) is 9.76. The molecule has 1 fully saturated rings. The van der Waals surface area contributed by atoms with Crippen molar-refractivity contribution in [2.24, 2.45) is 0 Å². The monoisotopic (exact) mass is 404 g/mol. The molecule has 1 aliphatic carbocycles. The van der Waals surface area contributed by atoms with Crippen LogP contribution in [-0.4, -0.2) is 27.8 Å². The molecule has 2 heterocycles. The molecule has 4 nitrogen and oxygen atoms in total. The number of halogens is 3.